The van der Waals surface area contributed by atoms with Crippen molar-refractivity contribution in [2.45, 2.75) is 31.7 Å². The van der Waals surface area contributed by atoms with E-state index in [0.29, 0.717) is 17.5 Å². The molecular weight excluding hydrogens is 258 g/mol. The van der Waals surface area contributed by atoms with Crippen LogP contribution in [-0.2, 0) is 4.79 Å². The Bertz CT molecular complexity index is 467. The zero-order valence-corrected chi connectivity index (χ0v) is 11.9. The third-order valence-electron chi connectivity index (χ3n) is 3.83. The number of nitrogens with one attached hydrogen (secondary N) is 1. The molecule has 1 saturated carbocycles. The second kappa shape index (κ2) is 6.50. The number of hydrogen-bond acceptors (Lipinski definition) is 4. The number of carbonyl (C=O) groups is 1. The fraction of sp³-hybridized carbons (Fsp3) is 0.533. The Kier molecular flexibility index (Phi) is 4.71. The lowest BCUT2D eigenvalue weighted by atomic mass is 9.86. The number of carboxylic acids is 1. The summed E-state index contributed by atoms with van der Waals surface area (Å²) in [7, 11) is 3.22. The van der Waals surface area contributed by atoms with Gasteiger partial charge in [-0.2, -0.15) is 0 Å². The van der Waals surface area contributed by atoms with Crippen molar-refractivity contribution in [3.8, 4) is 11.5 Å². The molecule has 1 aromatic rings. The first-order valence-corrected chi connectivity index (χ1v) is 6.85. The monoisotopic (exact) mass is 279 g/mol. The van der Waals surface area contributed by atoms with Gasteiger partial charge in [-0.25, -0.2) is 0 Å². The second-order valence-corrected chi connectivity index (χ2v) is 5.10. The van der Waals surface area contributed by atoms with E-state index >= 15 is 0 Å². The van der Waals surface area contributed by atoms with E-state index in [1.54, 1.807) is 14.2 Å². The largest absolute Gasteiger partial charge is 0.493 e. The summed E-state index contributed by atoms with van der Waals surface area (Å²) in [5.74, 6) is 0.539. The number of carboxylic acid groups (broad SMARTS) is 1. The predicted molar refractivity (Wildman–Crippen MR) is 76.6 cm³/mol. The smallest absolute Gasteiger partial charge is 0.306 e. The third-order valence-corrected chi connectivity index (χ3v) is 3.83. The molecule has 5 heteroatoms. The van der Waals surface area contributed by atoms with Crippen LogP contribution in [0.1, 0.15) is 25.7 Å². The highest BCUT2D eigenvalue weighted by atomic mass is 16.5. The quantitative estimate of drug-likeness (QED) is 0.867. The van der Waals surface area contributed by atoms with Crippen molar-refractivity contribution in [1.29, 1.82) is 0 Å². The number of methoxy groups -OCH3 is 2. The zero-order chi connectivity index (χ0) is 14.5. The van der Waals surface area contributed by atoms with Crippen molar-refractivity contribution in [2.75, 3.05) is 19.5 Å². The molecule has 0 amide bonds. The number of ether oxygens (including phenoxy) is 2. The zero-order valence-electron chi connectivity index (χ0n) is 11.9. The van der Waals surface area contributed by atoms with Crippen molar-refractivity contribution in [3.05, 3.63) is 18.2 Å². The van der Waals surface area contributed by atoms with Crippen molar-refractivity contribution >= 4 is 11.7 Å². The molecule has 0 atom stereocenters. The van der Waals surface area contributed by atoms with Crippen LogP contribution in [0.15, 0.2) is 18.2 Å². The van der Waals surface area contributed by atoms with Gasteiger partial charge in [0.05, 0.1) is 20.1 Å². The molecule has 5 nitrogen and oxygen atoms in total. The van der Waals surface area contributed by atoms with Crippen LogP contribution < -0.4 is 14.8 Å². The van der Waals surface area contributed by atoms with Gasteiger partial charge >= 0.3 is 5.97 Å². The topological polar surface area (TPSA) is 67.8 Å². The van der Waals surface area contributed by atoms with Gasteiger partial charge in [-0.05, 0) is 37.8 Å². The maximum absolute atomic E-state index is 10.9. The molecule has 1 aliphatic rings. The average Bonchev–Trinajstić information content (AvgIpc) is 2.47. The van der Waals surface area contributed by atoms with Gasteiger partial charge in [-0.1, -0.05) is 0 Å². The molecule has 20 heavy (non-hydrogen) atoms. The highest BCUT2D eigenvalue weighted by Crippen LogP contribution is 2.32. The summed E-state index contributed by atoms with van der Waals surface area (Å²) in [4.78, 5) is 10.9. The van der Waals surface area contributed by atoms with E-state index in [4.69, 9.17) is 14.6 Å². The van der Waals surface area contributed by atoms with Crippen molar-refractivity contribution in [3.63, 3.8) is 0 Å². The van der Waals surface area contributed by atoms with E-state index in [1.165, 1.54) is 0 Å². The van der Waals surface area contributed by atoms with Crippen LogP contribution in [0.25, 0.3) is 0 Å². The van der Waals surface area contributed by atoms with Crippen LogP contribution >= 0.6 is 0 Å². The molecule has 0 radical (unpaired) electrons. The number of aliphatic carboxylic acids is 1. The Morgan fingerprint density at radius 3 is 2.35 bits per heavy atom. The molecule has 0 spiro atoms. The number of anilines is 1. The van der Waals surface area contributed by atoms with Crippen LogP contribution in [0.4, 0.5) is 5.69 Å². The molecule has 2 N–H and O–H groups in total. The summed E-state index contributed by atoms with van der Waals surface area (Å²) < 4.78 is 10.5. The Labute approximate surface area is 118 Å². The number of rotatable bonds is 5. The van der Waals surface area contributed by atoms with Gasteiger partial charge in [0.2, 0.25) is 0 Å². The first-order valence-electron chi connectivity index (χ1n) is 6.85. The second-order valence-electron chi connectivity index (χ2n) is 5.10. The molecule has 2 rings (SSSR count). The molecule has 0 heterocycles. The Morgan fingerprint density at radius 2 is 1.80 bits per heavy atom. The van der Waals surface area contributed by atoms with Gasteiger partial charge in [0, 0.05) is 17.8 Å². The van der Waals surface area contributed by atoms with Crippen LogP contribution in [-0.4, -0.2) is 31.3 Å². The Balaban J connectivity index is 1.96. The van der Waals surface area contributed by atoms with E-state index in [0.717, 1.165) is 31.4 Å². The van der Waals surface area contributed by atoms with Crippen LogP contribution in [0.2, 0.25) is 0 Å². The van der Waals surface area contributed by atoms with Crippen molar-refractivity contribution < 1.29 is 19.4 Å². The van der Waals surface area contributed by atoms with Crippen molar-refractivity contribution in [1.82, 2.24) is 0 Å². The first-order chi connectivity index (χ1) is 9.63. The fourth-order valence-electron chi connectivity index (χ4n) is 2.65. The molecule has 1 aromatic carbocycles. The molecule has 0 saturated heterocycles. The van der Waals surface area contributed by atoms with Gasteiger partial charge < -0.3 is 19.9 Å². The van der Waals surface area contributed by atoms with Gasteiger partial charge in [-0.15, -0.1) is 0 Å². The molecule has 0 bridgehead atoms. The minimum Gasteiger partial charge on any atom is -0.493 e. The van der Waals surface area contributed by atoms with Gasteiger partial charge in [0.25, 0.3) is 0 Å². The third kappa shape index (κ3) is 3.35. The van der Waals surface area contributed by atoms with E-state index in [-0.39, 0.29) is 5.92 Å². The normalized spacial score (nSPS) is 22.1. The van der Waals surface area contributed by atoms with Crippen molar-refractivity contribution in [2.24, 2.45) is 5.92 Å². The van der Waals surface area contributed by atoms with Gasteiger partial charge in [0.1, 0.15) is 0 Å². The SMILES string of the molecule is COc1ccc(NC2CCC(C(=O)O)CC2)cc1OC. The van der Waals surface area contributed by atoms with E-state index in [9.17, 15) is 4.79 Å². The van der Waals surface area contributed by atoms with E-state index in [1.807, 2.05) is 18.2 Å². The van der Waals surface area contributed by atoms with E-state index in [2.05, 4.69) is 5.32 Å². The fourth-order valence-corrected chi connectivity index (χ4v) is 2.65. The lowest BCUT2D eigenvalue weighted by Crippen LogP contribution is -2.29. The molecular formula is C15H21NO4. The van der Waals surface area contributed by atoms with E-state index < -0.39 is 5.97 Å². The average molecular weight is 279 g/mol. The molecule has 1 fully saturated rings. The summed E-state index contributed by atoms with van der Waals surface area (Å²) in [6.45, 7) is 0. The maximum atomic E-state index is 10.9. The van der Waals surface area contributed by atoms with Crippen LogP contribution in [0.5, 0.6) is 11.5 Å². The van der Waals surface area contributed by atoms with Gasteiger partial charge in [0.15, 0.2) is 11.5 Å². The summed E-state index contributed by atoms with van der Waals surface area (Å²) in [6.07, 6.45) is 3.23. The minimum absolute atomic E-state index is 0.182. The standard InChI is InChI=1S/C15H21NO4/c1-19-13-8-7-12(9-14(13)20-2)16-11-5-3-10(4-6-11)15(17)18/h7-11,16H,3-6H2,1-2H3,(H,17,18). The lowest BCUT2D eigenvalue weighted by molar-refractivity contribution is -0.142. The first kappa shape index (κ1) is 14.5. The lowest BCUT2D eigenvalue weighted by Gasteiger charge is -2.27. The highest BCUT2D eigenvalue weighted by molar-refractivity contribution is 5.70. The Hall–Kier alpha value is -1.91. The molecule has 0 unspecified atom stereocenters. The van der Waals surface area contributed by atoms with Crippen LogP contribution in [0.3, 0.4) is 0 Å². The number of benzene rings is 1. The summed E-state index contributed by atoms with van der Waals surface area (Å²) in [5.41, 5.74) is 0.974. The minimum atomic E-state index is -0.672. The van der Waals surface area contributed by atoms with Crippen LogP contribution in [0, 0.1) is 5.92 Å². The highest BCUT2D eigenvalue weighted by Gasteiger charge is 2.25. The Morgan fingerprint density at radius 1 is 1.15 bits per heavy atom. The molecule has 110 valence electrons. The molecule has 1 aliphatic carbocycles. The molecule has 0 aliphatic heterocycles. The number of hydrogen-bond donors (Lipinski definition) is 2. The predicted octanol–water partition coefficient (Wildman–Crippen LogP) is 2.76. The molecule has 0 aromatic heterocycles. The summed E-state index contributed by atoms with van der Waals surface area (Å²) in [5, 5.41) is 12.4. The summed E-state index contributed by atoms with van der Waals surface area (Å²) >= 11 is 0. The summed E-state index contributed by atoms with van der Waals surface area (Å²) in [6, 6.07) is 6.04. The maximum Gasteiger partial charge on any atom is 0.306 e. The van der Waals surface area contributed by atoms with Gasteiger partial charge in [-0.3, -0.25) is 4.79 Å².